The number of amides is 1. The summed E-state index contributed by atoms with van der Waals surface area (Å²) in [7, 11) is 0. The van der Waals surface area contributed by atoms with Crippen molar-refractivity contribution in [2.24, 2.45) is 0 Å². The zero-order valence-electron chi connectivity index (χ0n) is 19.8. The fourth-order valence-corrected chi connectivity index (χ4v) is 4.53. The minimum absolute atomic E-state index is 0.0246. The second kappa shape index (κ2) is 9.95. The first-order valence-electron chi connectivity index (χ1n) is 11.7. The first-order chi connectivity index (χ1) is 17.9. The van der Waals surface area contributed by atoms with Gasteiger partial charge in [-0.15, -0.1) is 0 Å². The van der Waals surface area contributed by atoms with Crippen molar-refractivity contribution in [3.05, 3.63) is 112 Å². The maximum absolute atomic E-state index is 13.7. The van der Waals surface area contributed by atoms with Gasteiger partial charge >= 0.3 is 5.97 Å². The molecule has 3 aromatic carbocycles. The van der Waals surface area contributed by atoms with E-state index in [-0.39, 0.29) is 11.3 Å². The van der Waals surface area contributed by atoms with E-state index in [9.17, 15) is 19.5 Å². The molecule has 0 bridgehead atoms. The summed E-state index contributed by atoms with van der Waals surface area (Å²) in [6.45, 7) is 2.20. The van der Waals surface area contributed by atoms with Crippen LogP contribution >= 0.6 is 11.6 Å². The highest BCUT2D eigenvalue weighted by molar-refractivity contribution is 6.31. The van der Waals surface area contributed by atoms with E-state index in [1.807, 2.05) is 13.0 Å². The van der Waals surface area contributed by atoms with Crippen molar-refractivity contribution < 1.29 is 28.6 Å². The van der Waals surface area contributed by atoms with E-state index in [1.165, 1.54) is 11.0 Å². The minimum Gasteiger partial charge on any atom is -0.503 e. The molecule has 1 aliphatic heterocycles. The van der Waals surface area contributed by atoms with Crippen LogP contribution in [0.1, 0.15) is 45.9 Å². The van der Waals surface area contributed by atoms with Gasteiger partial charge in [0.2, 0.25) is 5.78 Å². The molecule has 1 N–H and O–H groups in total. The van der Waals surface area contributed by atoms with Crippen LogP contribution in [0.15, 0.2) is 94.6 Å². The standard InChI is InChI=1S/C29H22ClNO6/c1-2-14-36-29(35)18-8-11-21(12-9-18)31-25(17-6-4-3-5-7-17)24(27(33)28(31)34)26(32)23-16-19-15-20(30)10-13-22(19)37-23/h3-13,15-16,25,33H,2,14H2,1H3. The first-order valence-corrected chi connectivity index (χ1v) is 12.1. The number of ketones is 1. The van der Waals surface area contributed by atoms with Crippen molar-refractivity contribution in [2.45, 2.75) is 19.4 Å². The van der Waals surface area contributed by atoms with Gasteiger partial charge in [-0.2, -0.15) is 0 Å². The van der Waals surface area contributed by atoms with E-state index in [0.29, 0.717) is 45.8 Å². The van der Waals surface area contributed by atoms with Gasteiger partial charge in [0.25, 0.3) is 5.91 Å². The Labute approximate surface area is 217 Å². The van der Waals surface area contributed by atoms with Crippen LogP contribution in [0.2, 0.25) is 5.02 Å². The third-order valence-electron chi connectivity index (χ3n) is 6.09. The third-order valence-corrected chi connectivity index (χ3v) is 6.32. The van der Waals surface area contributed by atoms with Crippen molar-refractivity contribution in [3.63, 3.8) is 0 Å². The summed E-state index contributed by atoms with van der Waals surface area (Å²) in [4.78, 5) is 40.6. The Bertz CT molecular complexity index is 1540. The van der Waals surface area contributed by atoms with E-state index in [2.05, 4.69) is 0 Å². The molecule has 7 nitrogen and oxygen atoms in total. The molecule has 1 atom stereocenters. The lowest BCUT2D eigenvalue weighted by Crippen LogP contribution is -2.31. The molecule has 37 heavy (non-hydrogen) atoms. The van der Waals surface area contributed by atoms with Gasteiger partial charge in [-0.1, -0.05) is 48.9 Å². The van der Waals surface area contributed by atoms with Crippen LogP contribution in [0.25, 0.3) is 11.0 Å². The Kier molecular flexibility index (Phi) is 6.54. The topological polar surface area (TPSA) is 97.0 Å². The lowest BCUT2D eigenvalue weighted by Gasteiger charge is -2.26. The molecule has 186 valence electrons. The van der Waals surface area contributed by atoms with Gasteiger partial charge in [-0.25, -0.2) is 4.79 Å². The number of rotatable bonds is 7. The van der Waals surface area contributed by atoms with Gasteiger partial charge in [0.15, 0.2) is 11.5 Å². The SMILES string of the molecule is CCCOC(=O)c1ccc(N2C(=O)C(O)=C(C(=O)c3cc4cc(Cl)ccc4o3)C2c2ccccc2)cc1. The average molecular weight is 516 g/mol. The number of Topliss-reactive ketones (excluding diaryl/α,β-unsaturated/α-hetero) is 1. The van der Waals surface area contributed by atoms with E-state index in [1.54, 1.807) is 66.7 Å². The van der Waals surface area contributed by atoms with E-state index in [0.717, 1.165) is 0 Å². The van der Waals surface area contributed by atoms with E-state index >= 15 is 0 Å². The first kappa shape index (κ1) is 24.3. The molecular weight excluding hydrogens is 494 g/mol. The van der Waals surface area contributed by atoms with Crippen molar-refractivity contribution in [3.8, 4) is 0 Å². The third kappa shape index (κ3) is 4.49. The zero-order valence-corrected chi connectivity index (χ0v) is 20.6. The number of esters is 1. The molecule has 0 radical (unpaired) electrons. The summed E-state index contributed by atoms with van der Waals surface area (Å²) < 4.78 is 10.9. The Hall–Kier alpha value is -4.36. The Morgan fingerprint density at radius 2 is 1.76 bits per heavy atom. The summed E-state index contributed by atoms with van der Waals surface area (Å²) in [5.74, 6) is -2.51. The number of aliphatic hydroxyl groups excluding tert-OH is 1. The highest BCUT2D eigenvalue weighted by Gasteiger charge is 2.45. The summed E-state index contributed by atoms with van der Waals surface area (Å²) in [6, 6.07) is 20.8. The zero-order chi connectivity index (χ0) is 26.1. The molecular formula is C29H22ClNO6. The Balaban J connectivity index is 1.55. The molecule has 1 unspecified atom stereocenters. The number of halogens is 1. The van der Waals surface area contributed by atoms with Gasteiger partial charge in [-0.05, 0) is 60.5 Å². The van der Waals surface area contributed by atoms with Crippen molar-refractivity contribution >= 4 is 45.9 Å². The van der Waals surface area contributed by atoms with Crippen LogP contribution in [0.4, 0.5) is 5.69 Å². The van der Waals surface area contributed by atoms with Crippen LogP contribution in [-0.4, -0.2) is 29.4 Å². The van der Waals surface area contributed by atoms with Crippen LogP contribution in [0.3, 0.4) is 0 Å². The molecule has 1 aliphatic rings. The van der Waals surface area contributed by atoms with Gasteiger partial charge < -0.3 is 14.3 Å². The lowest BCUT2D eigenvalue weighted by atomic mass is 9.94. The Morgan fingerprint density at radius 1 is 1.03 bits per heavy atom. The summed E-state index contributed by atoms with van der Waals surface area (Å²) in [6.07, 6.45) is 0.699. The highest BCUT2D eigenvalue weighted by atomic mass is 35.5. The van der Waals surface area contributed by atoms with Gasteiger partial charge in [0.1, 0.15) is 5.58 Å². The predicted octanol–water partition coefficient (Wildman–Crippen LogP) is 6.44. The summed E-state index contributed by atoms with van der Waals surface area (Å²) >= 11 is 6.07. The number of carbonyl (C=O) groups is 3. The maximum Gasteiger partial charge on any atom is 0.338 e. The molecule has 0 aliphatic carbocycles. The quantitative estimate of drug-likeness (QED) is 0.225. The summed E-state index contributed by atoms with van der Waals surface area (Å²) in [5.41, 5.74) is 1.70. The van der Waals surface area contributed by atoms with Crippen LogP contribution in [-0.2, 0) is 9.53 Å². The second-order valence-electron chi connectivity index (χ2n) is 8.56. The molecule has 8 heteroatoms. The number of anilines is 1. The second-order valence-corrected chi connectivity index (χ2v) is 8.99. The Morgan fingerprint density at radius 3 is 2.46 bits per heavy atom. The molecule has 0 saturated heterocycles. The van der Waals surface area contributed by atoms with E-state index in [4.69, 9.17) is 20.8 Å². The monoisotopic (exact) mass is 515 g/mol. The number of fused-ring (bicyclic) bond motifs is 1. The fourth-order valence-electron chi connectivity index (χ4n) is 4.35. The van der Waals surface area contributed by atoms with Crippen molar-refractivity contribution in [1.82, 2.24) is 0 Å². The minimum atomic E-state index is -0.920. The average Bonchev–Trinajstić information content (AvgIpc) is 3.45. The van der Waals surface area contributed by atoms with E-state index < -0.39 is 29.5 Å². The molecule has 1 amide bonds. The maximum atomic E-state index is 13.7. The normalized spacial score (nSPS) is 15.5. The molecule has 5 rings (SSSR count). The number of hydrogen-bond donors (Lipinski definition) is 1. The molecule has 0 spiro atoms. The van der Waals surface area contributed by atoms with Crippen LogP contribution in [0.5, 0.6) is 0 Å². The number of aliphatic hydroxyl groups is 1. The number of nitrogens with zero attached hydrogens (tertiary/aromatic N) is 1. The number of ether oxygens (including phenoxy) is 1. The van der Waals surface area contributed by atoms with Crippen LogP contribution in [0, 0.1) is 0 Å². The van der Waals surface area contributed by atoms with Gasteiger partial charge in [0, 0.05) is 16.1 Å². The number of benzene rings is 3. The molecule has 4 aromatic rings. The smallest absolute Gasteiger partial charge is 0.338 e. The lowest BCUT2D eigenvalue weighted by molar-refractivity contribution is -0.117. The predicted molar refractivity (Wildman–Crippen MR) is 139 cm³/mol. The number of furan rings is 1. The molecule has 1 aromatic heterocycles. The molecule has 0 fully saturated rings. The van der Waals surface area contributed by atoms with Crippen LogP contribution < -0.4 is 4.90 Å². The number of carbonyl (C=O) groups excluding carboxylic acids is 3. The largest absolute Gasteiger partial charge is 0.503 e. The molecule has 0 saturated carbocycles. The highest BCUT2D eigenvalue weighted by Crippen LogP contribution is 2.42. The van der Waals surface area contributed by atoms with Gasteiger partial charge in [0.05, 0.1) is 23.8 Å². The summed E-state index contributed by atoms with van der Waals surface area (Å²) in [5, 5.41) is 12.1. The number of hydrogen-bond acceptors (Lipinski definition) is 6. The van der Waals surface area contributed by atoms with Crippen molar-refractivity contribution in [2.75, 3.05) is 11.5 Å². The molecule has 2 heterocycles. The van der Waals surface area contributed by atoms with Gasteiger partial charge in [-0.3, -0.25) is 14.5 Å². The fraction of sp³-hybridized carbons (Fsp3) is 0.138. The van der Waals surface area contributed by atoms with Crippen molar-refractivity contribution in [1.29, 1.82) is 0 Å².